The Labute approximate surface area is 198 Å². The highest BCUT2D eigenvalue weighted by atomic mass is 16.6. The zero-order valence-electron chi connectivity index (χ0n) is 18.9. The predicted octanol–water partition coefficient (Wildman–Crippen LogP) is 2.50. The van der Waals surface area contributed by atoms with Gasteiger partial charge in [-0.15, -0.1) is 0 Å². The van der Waals surface area contributed by atoms with E-state index in [1.54, 1.807) is 17.0 Å². The molecule has 0 amide bonds. The van der Waals surface area contributed by atoms with Crippen molar-refractivity contribution >= 4 is 22.7 Å². The number of hydrogen-bond donors (Lipinski definition) is 2. The summed E-state index contributed by atoms with van der Waals surface area (Å²) in [5.41, 5.74) is 0.379. The summed E-state index contributed by atoms with van der Waals surface area (Å²) in [7, 11) is 1.97. The van der Waals surface area contributed by atoms with Crippen LogP contribution in [0.4, 0.5) is 5.69 Å². The van der Waals surface area contributed by atoms with Crippen molar-refractivity contribution in [2.45, 2.75) is 26.1 Å². The van der Waals surface area contributed by atoms with Crippen LogP contribution in [0.15, 0.2) is 70.5 Å². The van der Waals surface area contributed by atoms with Crippen LogP contribution in [0.2, 0.25) is 0 Å². The van der Waals surface area contributed by atoms with Crippen LogP contribution >= 0.6 is 0 Å². The number of carboxylic acid groups (broad SMARTS) is 1. The van der Waals surface area contributed by atoms with Crippen molar-refractivity contribution in [3.63, 3.8) is 0 Å². The summed E-state index contributed by atoms with van der Waals surface area (Å²) in [5, 5.41) is 20.8. The molecule has 4 aromatic rings. The van der Waals surface area contributed by atoms with Gasteiger partial charge in [-0.3, -0.25) is 29.4 Å². The van der Waals surface area contributed by atoms with Crippen LogP contribution in [-0.2, 0) is 24.4 Å². The molecule has 0 unspecified atom stereocenters. The van der Waals surface area contributed by atoms with Crippen LogP contribution < -0.4 is 11.1 Å². The van der Waals surface area contributed by atoms with Crippen LogP contribution in [0.25, 0.3) is 16.7 Å². The van der Waals surface area contributed by atoms with Crippen molar-refractivity contribution in [3.8, 4) is 5.69 Å². The number of carbonyl (C=O) groups is 1. The maximum absolute atomic E-state index is 12.4. The van der Waals surface area contributed by atoms with E-state index in [4.69, 9.17) is 5.11 Å². The third-order valence-electron chi connectivity index (χ3n) is 5.60. The molecule has 0 bridgehead atoms. The minimum atomic E-state index is -1.14. The standard InChI is InChI=1S/C24H23N5O6/c1-26(13-16-5-3-2-4-6-16)14-17-7-9-27(15-17)20-12-19-18(11-21(20)29(34)35)25-23(32)24(33)28(19)10-8-22(30)31/h2-7,9,11-12,15H,8,10,13-14H2,1H3,(H,25,32)(H,30,31). The molecular formula is C24H23N5O6. The van der Waals surface area contributed by atoms with Gasteiger partial charge in [0.1, 0.15) is 5.69 Å². The van der Waals surface area contributed by atoms with Crippen LogP contribution in [-0.4, -0.2) is 42.1 Å². The minimum absolute atomic E-state index is 0.0745. The average Bonchev–Trinajstić information content (AvgIpc) is 3.27. The smallest absolute Gasteiger partial charge is 0.316 e. The highest BCUT2D eigenvalue weighted by Gasteiger charge is 2.20. The molecule has 0 aliphatic heterocycles. The number of aryl methyl sites for hydroxylation is 1. The molecule has 11 heteroatoms. The molecule has 0 spiro atoms. The summed E-state index contributed by atoms with van der Waals surface area (Å²) < 4.78 is 2.62. The van der Waals surface area contributed by atoms with Crippen LogP contribution in [0.1, 0.15) is 17.5 Å². The number of aromatic amines is 1. The lowest BCUT2D eigenvalue weighted by Gasteiger charge is -2.16. The fourth-order valence-corrected chi connectivity index (χ4v) is 4.03. The van der Waals surface area contributed by atoms with Gasteiger partial charge in [0, 0.05) is 38.1 Å². The number of nitrogens with one attached hydrogen (secondary N) is 1. The molecule has 4 rings (SSSR count). The number of carboxylic acids is 1. The Hall–Kier alpha value is -4.51. The van der Waals surface area contributed by atoms with E-state index >= 15 is 0 Å². The van der Waals surface area contributed by atoms with E-state index in [2.05, 4.69) is 9.88 Å². The minimum Gasteiger partial charge on any atom is -0.481 e. The van der Waals surface area contributed by atoms with E-state index in [1.165, 1.54) is 12.1 Å². The normalized spacial score (nSPS) is 11.3. The topological polar surface area (TPSA) is 143 Å². The van der Waals surface area contributed by atoms with Gasteiger partial charge in [-0.1, -0.05) is 30.3 Å². The van der Waals surface area contributed by atoms with Crippen molar-refractivity contribution in [2.24, 2.45) is 0 Å². The van der Waals surface area contributed by atoms with E-state index in [9.17, 15) is 24.5 Å². The number of fused-ring (bicyclic) bond motifs is 1. The maximum atomic E-state index is 12.4. The van der Waals surface area contributed by atoms with Gasteiger partial charge in [0.25, 0.3) is 5.69 Å². The summed E-state index contributed by atoms with van der Waals surface area (Å²) in [4.78, 5) is 51.2. The second-order valence-electron chi connectivity index (χ2n) is 8.25. The maximum Gasteiger partial charge on any atom is 0.316 e. The number of nitro benzene ring substituents is 1. The predicted molar refractivity (Wildman–Crippen MR) is 129 cm³/mol. The molecule has 11 nitrogen and oxygen atoms in total. The molecule has 0 aliphatic rings. The van der Waals surface area contributed by atoms with Crippen LogP contribution in [0.5, 0.6) is 0 Å². The monoisotopic (exact) mass is 477 g/mol. The number of nitro groups is 1. The Morgan fingerprint density at radius 1 is 1.11 bits per heavy atom. The molecule has 0 atom stereocenters. The average molecular weight is 477 g/mol. The highest BCUT2D eigenvalue weighted by molar-refractivity contribution is 5.82. The van der Waals surface area contributed by atoms with Crippen molar-refractivity contribution in [1.82, 2.24) is 19.0 Å². The lowest BCUT2D eigenvalue weighted by Crippen LogP contribution is -2.36. The first kappa shape index (κ1) is 23.6. The molecule has 0 radical (unpaired) electrons. The number of nitrogens with zero attached hydrogens (tertiary/aromatic N) is 4. The number of aliphatic carboxylic acids is 1. The largest absolute Gasteiger partial charge is 0.481 e. The summed E-state index contributed by atoms with van der Waals surface area (Å²) >= 11 is 0. The third-order valence-corrected chi connectivity index (χ3v) is 5.60. The molecule has 0 saturated heterocycles. The zero-order valence-corrected chi connectivity index (χ0v) is 18.9. The Morgan fingerprint density at radius 3 is 2.51 bits per heavy atom. The van der Waals surface area contributed by atoms with Gasteiger partial charge in [-0.25, -0.2) is 0 Å². The Kier molecular flexibility index (Phi) is 6.60. The molecular weight excluding hydrogens is 454 g/mol. The number of aromatic nitrogens is 3. The second-order valence-corrected chi connectivity index (χ2v) is 8.25. The Bertz CT molecular complexity index is 1520. The fraction of sp³-hybridized carbons (Fsp3) is 0.208. The van der Waals surface area contributed by atoms with Gasteiger partial charge in [0.05, 0.1) is 22.4 Å². The third kappa shape index (κ3) is 5.20. The van der Waals surface area contributed by atoms with Crippen LogP contribution in [0, 0.1) is 10.1 Å². The van der Waals surface area contributed by atoms with Crippen molar-refractivity contribution < 1.29 is 14.8 Å². The molecule has 2 heterocycles. The van der Waals surface area contributed by atoms with E-state index in [0.717, 1.165) is 22.2 Å². The van der Waals surface area contributed by atoms with E-state index < -0.39 is 22.0 Å². The molecule has 2 aromatic carbocycles. The second kappa shape index (κ2) is 9.77. The Balaban J connectivity index is 1.72. The van der Waals surface area contributed by atoms with Gasteiger partial charge < -0.3 is 19.2 Å². The first-order valence-electron chi connectivity index (χ1n) is 10.8. The lowest BCUT2D eigenvalue weighted by molar-refractivity contribution is -0.384. The Morgan fingerprint density at radius 2 is 1.83 bits per heavy atom. The lowest BCUT2D eigenvalue weighted by atomic mass is 10.2. The van der Waals surface area contributed by atoms with Crippen molar-refractivity contribution in [1.29, 1.82) is 0 Å². The summed E-state index contributed by atoms with van der Waals surface area (Å²) in [6.07, 6.45) is 3.07. The number of benzene rings is 2. The molecule has 0 aliphatic carbocycles. The molecule has 180 valence electrons. The first-order valence-corrected chi connectivity index (χ1v) is 10.8. The van der Waals surface area contributed by atoms with Gasteiger partial charge in [0.2, 0.25) is 0 Å². The summed E-state index contributed by atoms with van der Waals surface area (Å²) in [6, 6.07) is 14.4. The van der Waals surface area contributed by atoms with Crippen molar-refractivity contribution in [2.75, 3.05) is 7.05 Å². The first-order chi connectivity index (χ1) is 16.7. The molecule has 2 N–H and O–H groups in total. The zero-order chi connectivity index (χ0) is 25.1. The molecule has 35 heavy (non-hydrogen) atoms. The highest BCUT2D eigenvalue weighted by Crippen LogP contribution is 2.28. The summed E-state index contributed by atoms with van der Waals surface area (Å²) in [5.74, 6) is -1.14. The SMILES string of the molecule is CN(Cc1ccccc1)Cc1ccn(-c2cc3c(cc2[N+](=O)[O-])[nH]c(=O)c(=O)n3CCC(=O)O)c1. The van der Waals surface area contributed by atoms with Gasteiger partial charge in [-0.05, 0) is 30.3 Å². The van der Waals surface area contributed by atoms with Crippen molar-refractivity contribution in [3.05, 3.63) is 103 Å². The van der Waals surface area contributed by atoms with E-state index in [0.29, 0.717) is 6.54 Å². The fourth-order valence-electron chi connectivity index (χ4n) is 4.03. The van der Waals surface area contributed by atoms with E-state index in [-0.39, 0.29) is 35.4 Å². The number of hydrogen-bond acceptors (Lipinski definition) is 6. The van der Waals surface area contributed by atoms with Gasteiger partial charge >= 0.3 is 17.1 Å². The van der Waals surface area contributed by atoms with Gasteiger partial charge in [-0.2, -0.15) is 0 Å². The quantitative estimate of drug-likeness (QED) is 0.214. The van der Waals surface area contributed by atoms with E-state index in [1.807, 2.05) is 43.4 Å². The number of H-pyrrole nitrogens is 1. The molecule has 0 fully saturated rings. The molecule has 0 saturated carbocycles. The molecule has 2 aromatic heterocycles. The summed E-state index contributed by atoms with van der Waals surface area (Å²) in [6.45, 7) is 1.08. The van der Waals surface area contributed by atoms with Crippen LogP contribution in [0.3, 0.4) is 0 Å². The van der Waals surface area contributed by atoms with Gasteiger partial charge in [0.15, 0.2) is 0 Å². The number of rotatable bonds is 9.